The van der Waals surface area contributed by atoms with Gasteiger partial charge in [-0.2, -0.15) is 5.10 Å². The molecule has 0 N–H and O–H groups in total. The Morgan fingerprint density at radius 1 is 0.941 bits per heavy atom. The second-order valence-corrected chi connectivity index (χ2v) is 7.94. The summed E-state index contributed by atoms with van der Waals surface area (Å²) >= 11 is 0. The highest BCUT2D eigenvalue weighted by Crippen LogP contribution is 2.16. The van der Waals surface area contributed by atoms with Gasteiger partial charge in [-0.1, -0.05) is 48.5 Å². The van der Waals surface area contributed by atoms with Gasteiger partial charge in [0.25, 0.3) is 11.1 Å². The molecule has 3 heterocycles. The largest absolute Gasteiger partial charge is 0.454 e. The van der Waals surface area contributed by atoms with Crippen molar-refractivity contribution in [1.29, 1.82) is 0 Å². The maximum atomic E-state index is 13.0. The minimum absolute atomic E-state index is 0.0273. The van der Waals surface area contributed by atoms with E-state index in [1.54, 1.807) is 36.5 Å². The Morgan fingerprint density at radius 3 is 2.47 bits per heavy atom. The Hall–Kier alpha value is -4.59. The molecule has 0 aliphatic rings. The van der Waals surface area contributed by atoms with Crippen molar-refractivity contribution in [2.45, 2.75) is 20.1 Å². The molecule has 3 aromatic heterocycles. The molecular weight excluding hydrogens is 432 g/mol. The molecule has 0 bridgehead atoms. The average Bonchev–Trinajstić information content (AvgIpc) is 2.84. The molecule has 0 aliphatic heterocycles. The van der Waals surface area contributed by atoms with Crippen molar-refractivity contribution < 1.29 is 9.53 Å². The van der Waals surface area contributed by atoms with E-state index in [9.17, 15) is 14.4 Å². The maximum absolute atomic E-state index is 13.0. The number of carbonyl (C=O) groups excluding carboxylic acids is 1. The molecule has 168 valence electrons. The van der Waals surface area contributed by atoms with Gasteiger partial charge in [-0.15, -0.1) is 0 Å². The molecule has 0 fully saturated rings. The lowest BCUT2D eigenvalue weighted by atomic mass is 10.1. The third-order valence-electron chi connectivity index (χ3n) is 5.46. The van der Waals surface area contributed by atoms with Gasteiger partial charge in [0, 0.05) is 17.6 Å². The van der Waals surface area contributed by atoms with Gasteiger partial charge < -0.3 is 4.74 Å². The van der Waals surface area contributed by atoms with Crippen LogP contribution >= 0.6 is 0 Å². The van der Waals surface area contributed by atoms with Gasteiger partial charge in [0.2, 0.25) is 0 Å². The number of aryl methyl sites for hydroxylation is 1. The highest BCUT2D eigenvalue weighted by molar-refractivity contribution is 6.02. The summed E-state index contributed by atoms with van der Waals surface area (Å²) < 4.78 is 8.16. The topological polar surface area (TPSA) is 95.6 Å². The quantitative estimate of drug-likeness (QED) is 0.380. The number of hydrogen-bond donors (Lipinski definition) is 0. The minimum atomic E-state index is -0.704. The van der Waals surface area contributed by atoms with E-state index in [1.807, 2.05) is 43.3 Å². The van der Waals surface area contributed by atoms with Crippen LogP contribution in [0.1, 0.15) is 27.3 Å². The summed E-state index contributed by atoms with van der Waals surface area (Å²) in [4.78, 5) is 42.8. The number of hydrogen-bond acceptors (Lipinski definition) is 6. The molecule has 0 amide bonds. The molecule has 0 radical (unpaired) electrons. The number of rotatable bonds is 5. The van der Waals surface area contributed by atoms with Crippen LogP contribution in [0.25, 0.3) is 16.4 Å². The van der Waals surface area contributed by atoms with Gasteiger partial charge in [-0.3, -0.25) is 14.0 Å². The number of esters is 1. The summed E-state index contributed by atoms with van der Waals surface area (Å²) in [7, 11) is 0. The summed E-state index contributed by atoms with van der Waals surface area (Å²) in [6, 6.07) is 21.1. The fourth-order valence-electron chi connectivity index (χ4n) is 3.78. The highest BCUT2D eigenvalue weighted by Gasteiger charge is 2.19. The number of benzene rings is 2. The van der Waals surface area contributed by atoms with Gasteiger partial charge in [0.1, 0.15) is 12.3 Å². The zero-order chi connectivity index (χ0) is 23.7. The molecule has 0 saturated heterocycles. The van der Waals surface area contributed by atoms with E-state index >= 15 is 0 Å². The average molecular weight is 452 g/mol. The predicted octanol–water partition coefficient (Wildman–Crippen LogP) is 3.12. The standard InChI is InChI=1S/C26H20N4O4/c1-17-11-12-29-22(13-17)27-19(14-23(29)31)16-34-26(33)24-20-9-5-6-10-21(20)25(32)30(28-24)15-18-7-3-2-4-8-18/h2-14H,15-16H2,1H3. The monoisotopic (exact) mass is 452 g/mol. The van der Waals surface area contributed by atoms with Crippen molar-refractivity contribution in [2.24, 2.45) is 0 Å². The third kappa shape index (κ3) is 4.09. The van der Waals surface area contributed by atoms with E-state index in [0.717, 1.165) is 11.1 Å². The van der Waals surface area contributed by atoms with Crippen molar-refractivity contribution >= 4 is 22.4 Å². The molecular formula is C26H20N4O4. The van der Waals surface area contributed by atoms with Crippen molar-refractivity contribution in [3.63, 3.8) is 0 Å². The second kappa shape index (κ2) is 8.74. The van der Waals surface area contributed by atoms with Gasteiger partial charge in [0.15, 0.2) is 5.69 Å². The highest BCUT2D eigenvalue weighted by atomic mass is 16.5. The fourth-order valence-corrected chi connectivity index (χ4v) is 3.78. The zero-order valence-corrected chi connectivity index (χ0v) is 18.3. The summed E-state index contributed by atoms with van der Waals surface area (Å²) in [6.45, 7) is 1.92. The normalized spacial score (nSPS) is 11.1. The van der Waals surface area contributed by atoms with Crippen LogP contribution in [0, 0.1) is 6.92 Å². The molecule has 5 aromatic rings. The smallest absolute Gasteiger partial charge is 0.359 e. The lowest BCUT2D eigenvalue weighted by Gasteiger charge is -2.11. The summed E-state index contributed by atoms with van der Waals surface area (Å²) in [5.41, 5.74) is 2.09. The molecule has 5 rings (SSSR count). The number of fused-ring (bicyclic) bond motifs is 2. The summed E-state index contributed by atoms with van der Waals surface area (Å²) in [6.07, 6.45) is 1.65. The van der Waals surface area contributed by atoms with E-state index < -0.39 is 5.97 Å². The van der Waals surface area contributed by atoms with Crippen LogP contribution in [-0.2, 0) is 17.9 Å². The Bertz CT molecular complexity index is 1660. The number of pyridine rings is 1. The Kier molecular flexibility index (Phi) is 5.47. The van der Waals surface area contributed by atoms with E-state index in [2.05, 4.69) is 10.1 Å². The first-order valence-electron chi connectivity index (χ1n) is 10.7. The van der Waals surface area contributed by atoms with Crippen molar-refractivity contribution in [2.75, 3.05) is 0 Å². The molecule has 0 unspecified atom stereocenters. The van der Waals surface area contributed by atoms with Crippen LogP contribution in [-0.4, -0.2) is 25.1 Å². The number of ether oxygens (including phenoxy) is 1. The van der Waals surface area contributed by atoms with Gasteiger partial charge in [0.05, 0.1) is 17.6 Å². The maximum Gasteiger partial charge on any atom is 0.359 e. The second-order valence-electron chi connectivity index (χ2n) is 7.94. The van der Waals surface area contributed by atoms with E-state index in [4.69, 9.17) is 4.74 Å². The van der Waals surface area contributed by atoms with Crippen LogP contribution in [0.3, 0.4) is 0 Å². The van der Waals surface area contributed by atoms with Crippen molar-refractivity contribution in [3.8, 4) is 0 Å². The number of carbonyl (C=O) groups is 1. The number of aromatic nitrogens is 4. The molecule has 8 nitrogen and oxygen atoms in total. The van der Waals surface area contributed by atoms with Crippen molar-refractivity contribution in [3.05, 3.63) is 122 Å². The van der Waals surface area contributed by atoms with Gasteiger partial charge in [-0.05, 0) is 36.2 Å². The minimum Gasteiger partial charge on any atom is -0.454 e. The molecule has 0 saturated carbocycles. The van der Waals surface area contributed by atoms with Crippen LogP contribution in [0.2, 0.25) is 0 Å². The fraction of sp³-hybridized carbons (Fsp3) is 0.115. The van der Waals surface area contributed by atoms with Crippen LogP contribution in [0.15, 0.2) is 88.6 Å². The number of nitrogens with zero attached hydrogens (tertiary/aromatic N) is 4. The van der Waals surface area contributed by atoms with Crippen LogP contribution in [0.4, 0.5) is 0 Å². The molecule has 8 heteroatoms. The molecule has 0 spiro atoms. The lowest BCUT2D eigenvalue weighted by Crippen LogP contribution is -2.27. The lowest BCUT2D eigenvalue weighted by molar-refractivity contribution is 0.0460. The van der Waals surface area contributed by atoms with E-state index in [1.165, 1.54) is 15.1 Å². The Labute approximate surface area is 193 Å². The summed E-state index contributed by atoms with van der Waals surface area (Å²) in [5, 5.41) is 5.11. The SMILES string of the molecule is Cc1ccn2c(=O)cc(COC(=O)c3nn(Cc4ccccc4)c(=O)c4ccccc34)nc2c1. The molecule has 0 aliphatic carbocycles. The Morgan fingerprint density at radius 2 is 1.68 bits per heavy atom. The van der Waals surface area contributed by atoms with Gasteiger partial charge >= 0.3 is 5.97 Å². The first-order chi connectivity index (χ1) is 16.5. The summed E-state index contributed by atoms with van der Waals surface area (Å²) in [5.74, 6) is -0.704. The van der Waals surface area contributed by atoms with Crippen LogP contribution < -0.4 is 11.1 Å². The molecule has 0 atom stereocenters. The first kappa shape index (κ1) is 21.3. The third-order valence-corrected chi connectivity index (χ3v) is 5.46. The first-order valence-corrected chi connectivity index (χ1v) is 10.7. The molecule has 2 aromatic carbocycles. The Balaban J connectivity index is 1.48. The van der Waals surface area contributed by atoms with Crippen LogP contribution in [0.5, 0.6) is 0 Å². The van der Waals surface area contributed by atoms with Crippen molar-refractivity contribution in [1.82, 2.24) is 19.2 Å². The van der Waals surface area contributed by atoms with Gasteiger partial charge in [-0.25, -0.2) is 14.5 Å². The zero-order valence-electron chi connectivity index (χ0n) is 18.3. The van der Waals surface area contributed by atoms with E-state index in [-0.39, 0.29) is 30.0 Å². The molecule has 34 heavy (non-hydrogen) atoms. The van der Waals surface area contributed by atoms with E-state index in [0.29, 0.717) is 22.1 Å². The predicted molar refractivity (Wildman–Crippen MR) is 127 cm³/mol.